The van der Waals surface area contributed by atoms with Gasteiger partial charge in [0.25, 0.3) is 0 Å². The van der Waals surface area contributed by atoms with Crippen molar-refractivity contribution >= 4 is 5.91 Å². The van der Waals surface area contributed by atoms with Gasteiger partial charge < -0.3 is 15.5 Å². The maximum atomic E-state index is 12.5. The molecule has 116 valence electrons. The fraction of sp³-hybridized carbons (Fsp3) is 0.938. The van der Waals surface area contributed by atoms with Gasteiger partial charge in [-0.15, -0.1) is 0 Å². The first-order chi connectivity index (χ1) is 9.41. The molecule has 2 fully saturated rings. The molecule has 0 bridgehead atoms. The molecule has 1 aliphatic heterocycles. The highest BCUT2D eigenvalue weighted by molar-refractivity contribution is 5.77. The number of nitrogens with zero attached hydrogens (tertiary/aromatic N) is 2. The van der Waals surface area contributed by atoms with Crippen LogP contribution in [0.5, 0.6) is 0 Å². The van der Waals surface area contributed by atoms with Crippen molar-refractivity contribution < 1.29 is 4.79 Å². The van der Waals surface area contributed by atoms with Gasteiger partial charge in [-0.25, -0.2) is 0 Å². The minimum Gasteiger partial charge on any atom is -0.343 e. The van der Waals surface area contributed by atoms with Gasteiger partial charge in [0.15, 0.2) is 0 Å². The highest BCUT2D eigenvalue weighted by Crippen LogP contribution is 2.31. The molecule has 2 aliphatic rings. The molecule has 1 saturated heterocycles. The summed E-state index contributed by atoms with van der Waals surface area (Å²) in [6.45, 7) is 6.70. The number of piperidine rings is 1. The fourth-order valence-corrected chi connectivity index (χ4v) is 3.67. The van der Waals surface area contributed by atoms with Crippen molar-refractivity contribution in [1.29, 1.82) is 0 Å². The summed E-state index contributed by atoms with van der Waals surface area (Å²) in [5, 5.41) is 0. The molecule has 4 heteroatoms. The van der Waals surface area contributed by atoms with Gasteiger partial charge in [0.1, 0.15) is 0 Å². The fourth-order valence-electron chi connectivity index (χ4n) is 3.67. The predicted octanol–water partition coefficient (Wildman–Crippen LogP) is 1.98. The molecule has 1 amide bonds. The van der Waals surface area contributed by atoms with Crippen molar-refractivity contribution in [2.24, 2.45) is 5.73 Å². The largest absolute Gasteiger partial charge is 0.343 e. The van der Waals surface area contributed by atoms with Crippen LogP contribution in [0, 0.1) is 0 Å². The average Bonchev–Trinajstić information content (AvgIpc) is 2.84. The summed E-state index contributed by atoms with van der Waals surface area (Å²) in [5.74, 6) is 0.248. The molecule has 0 aromatic rings. The van der Waals surface area contributed by atoms with Crippen LogP contribution >= 0.6 is 0 Å². The molecule has 0 spiro atoms. The second kappa shape index (κ2) is 6.44. The maximum absolute atomic E-state index is 12.5. The molecule has 0 radical (unpaired) electrons. The Morgan fingerprint density at radius 3 is 2.35 bits per heavy atom. The molecule has 4 nitrogen and oxygen atoms in total. The second-order valence-electron chi connectivity index (χ2n) is 7.11. The molecule has 20 heavy (non-hydrogen) atoms. The summed E-state index contributed by atoms with van der Waals surface area (Å²) >= 11 is 0. The van der Waals surface area contributed by atoms with Crippen molar-refractivity contribution in [3.05, 3.63) is 0 Å². The van der Waals surface area contributed by atoms with E-state index in [-0.39, 0.29) is 11.4 Å². The first-order valence-corrected chi connectivity index (χ1v) is 8.20. The van der Waals surface area contributed by atoms with Crippen LogP contribution in [0.15, 0.2) is 0 Å². The standard InChI is InChI=1S/C16H31N3O/c1-13(2)19-10-6-14(7-11-19)18(3)15(20)12-16(17)8-4-5-9-16/h13-14H,4-12,17H2,1-3H3. The van der Waals surface area contributed by atoms with E-state index in [1.165, 1.54) is 12.8 Å². The number of amides is 1. The zero-order chi connectivity index (χ0) is 14.8. The third-order valence-electron chi connectivity index (χ3n) is 5.27. The molecule has 0 aromatic carbocycles. The molecule has 0 aromatic heterocycles. The van der Waals surface area contributed by atoms with E-state index in [0.29, 0.717) is 18.5 Å². The lowest BCUT2D eigenvalue weighted by molar-refractivity contribution is -0.134. The average molecular weight is 281 g/mol. The van der Waals surface area contributed by atoms with Crippen LogP contribution in [0.25, 0.3) is 0 Å². The lowest BCUT2D eigenvalue weighted by atomic mass is 9.93. The zero-order valence-corrected chi connectivity index (χ0v) is 13.4. The Bertz CT molecular complexity index is 329. The number of hydrogen-bond acceptors (Lipinski definition) is 3. The minimum absolute atomic E-state index is 0.218. The van der Waals surface area contributed by atoms with E-state index in [1.54, 1.807) is 0 Å². The highest BCUT2D eigenvalue weighted by atomic mass is 16.2. The summed E-state index contributed by atoms with van der Waals surface area (Å²) < 4.78 is 0. The number of nitrogens with two attached hydrogens (primary N) is 1. The van der Waals surface area contributed by atoms with Crippen LogP contribution in [0.1, 0.15) is 58.8 Å². The van der Waals surface area contributed by atoms with E-state index in [4.69, 9.17) is 5.73 Å². The number of hydrogen-bond donors (Lipinski definition) is 1. The van der Waals surface area contributed by atoms with Gasteiger partial charge in [-0.2, -0.15) is 0 Å². The SMILES string of the molecule is CC(C)N1CCC(N(C)C(=O)CC2(N)CCCC2)CC1. The van der Waals surface area contributed by atoms with Crippen molar-refractivity contribution in [1.82, 2.24) is 9.80 Å². The molecular weight excluding hydrogens is 250 g/mol. The normalized spacial score (nSPS) is 24.2. The van der Waals surface area contributed by atoms with Crippen molar-refractivity contribution in [3.63, 3.8) is 0 Å². The summed E-state index contributed by atoms with van der Waals surface area (Å²) in [7, 11) is 1.97. The van der Waals surface area contributed by atoms with Gasteiger partial charge >= 0.3 is 0 Å². The molecule has 1 aliphatic carbocycles. The Hall–Kier alpha value is -0.610. The predicted molar refractivity (Wildman–Crippen MR) is 82.5 cm³/mol. The van der Waals surface area contributed by atoms with Crippen molar-refractivity contribution in [2.75, 3.05) is 20.1 Å². The van der Waals surface area contributed by atoms with Gasteiger partial charge in [-0.3, -0.25) is 4.79 Å². The molecule has 1 saturated carbocycles. The van der Waals surface area contributed by atoms with Gasteiger partial charge in [0.05, 0.1) is 0 Å². The van der Waals surface area contributed by atoms with E-state index in [9.17, 15) is 4.79 Å². The number of carbonyl (C=O) groups is 1. The Labute approximate surface area is 123 Å². The minimum atomic E-state index is -0.218. The van der Waals surface area contributed by atoms with Gasteiger partial charge in [-0.1, -0.05) is 12.8 Å². The Kier molecular flexibility index (Phi) is 5.08. The van der Waals surface area contributed by atoms with Crippen LogP contribution in [0.3, 0.4) is 0 Å². The van der Waals surface area contributed by atoms with Gasteiger partial charge in [-0.05, 0) is 39.5 Å². The Morgan fingerprint density at radius 1 is 1.30 bits per heavy atom. The highest BCUT2D eigenvalue weighted by Gasteiger charge is 2.34. The smallest absolute Gasteiger partial charge is 0.224 e. The van der Waals surface area contributed by atoms with Crippen LogP contribution in [-0.2, 0) is 4.79 Å². The van der Waals surface area contributed by atoms with Crippen LogP contribution < -0.4 is 5.73 Å². The monoisotopic (exact) mass is 281 g/mol. The zero-order valence-electron chi connectivity index (χ0n) is 13.4. The van der Waals surface area contributed by atoms with Crippen LogP contribution in [0.4, 0.5) is 0 Å². The quantitative estimate of drug-likeness (QED) is 0.857. The summed E-state index contributed by atoms with van der Waals surface area (Å²) in [6.07, 6.45) is 7.11. The van der Waals surface area contributed by atoms with E-state index < -0.39 is 0 Å². The van der Waals surface area contributed by atoms with E-state index in [1.807, 2.05) is 11.9 Å². The van der Waals surface area contributed by atoms with E-state index >= 15 is 0 Å². The Morgan fingerprint density at radius 2 is 1.85 bits per heavy atom. The molecule has 1 heterocycles. The first kappa shape index (κ1) is 15.8. The molecule has 0 atom stereocenters. The van der Waals surface area contributed by atoms with Crippen molar-refractivity contribution in [3.8, 4) is 0 Å². The third kappa shape index (κ3) is 3.73. The lowest BCUT2D eigenvalue weighted by Crippen LogP contribution is -2.49. The molecular formula is C16H31N3O. The molecule has 2 N–H and O–H groups in total. The summed E-state index contributed by atoms with van der Waals surface area (Å²) in [5.41, 5.74) is 6.12. The van der Waals surface area contributed by atoms with Gasteiger partial charge in [0, 0.05) is 44.2 Å². The lowest BCUT2D eigenvalue weighted by Gasteiger charge is -2.39. The molecule has 0 unspecified atom stereocenters. The number of likely N-dealkylation sites (tertiary alicyclic amines) is 1. The first-order valence-electron chi connectivity index (χ1n) is 8.20. The van der Waals surface area contributed by atoms with Crippen LogP contribution in [0.2, 0.25) is 0 Å². The van der Waals surface area contributed by atoms with Gasteiger partial charge in [0.2, 0.25) is 5.91 Å². The van der Waals surface area contributed by atoms with E-state index in [0.717, 1.165) is 38.8 Å². The number of rotatable bonds is 4. The van der Waals surface area contributed by atoms with Crippen molar-refractivity contribution in [2.45, 2.75) is 76.4 Å². The topological polar surface area (TPSA) is 49.6 Å². The Balaban J connectivity index is 1.82. The number of carbonyl (C=O) groups excluding carboxylic acids is 1. The third-order valence-corrected chi connectivity index (χ3v) is 5.27. The summed E-state index contributed by atoms with van der Waals surface area (Å²) in [6, 6.07) is 1.02. The second-order valence-corrected chi connectivity index (χ2v) is 7.11. The maximum Gasteiger partial charge on any atom is 0.224 e. The molecule has 2 rings (SSSR count). The summed E-state index contributed by atoms with van der Waals surface area (Å²) in [4.78, 5) is 16.9. The van der Waals surface area contributed by atoms with E-state index in [2.05, 4.69) is 18.7 Å². The van der Waals surface area contributed by atoms with Crippen LogP contribution in [-0.4, -0.2) is 53.5 Å².